The first-order chi connectivity index (χ1) is 13.9. The van der Waals surface area contributed by atoms with E-state index in [-0.39, 0.29) is 6.04 Å². The van der Waals surface area contributed by atoms with Crippen molar-refractivity contribution in [3.8, 4) is 0 Å². The summed E-state index contributed by atoms with van der Waals surface area (Å²) in [5.41, 5.74) is 0. The molecular weight excluding hydrogens is 400 g/mol. The summed E-state index contributed by atoms with van der Waals surface area (Å²) in [7, 11) is -5.18. The Kier molecular flexibility index (Phi) is 12.3. The molecule has 1 fully saturated rings. The van der Waals surface area contributed by atoms with Gasteiger partial charge in [0, 0.05) is 12.3 Å². The number of hydrogen-bond acceptors (Lipinski definition) is 4. The standard InChI is InChI=1S/C23H45NO3P2/c1-5-9-11-13-19-28(26,7-3)23(17-15-22(16-18-23)24-21-25)29(27,8-4)20-14-12-10-6-2/h22H,5-20H2,1-4H3. The van der Waals surface area contributed by atoms with Crippen LogP contribution in [0.25, 0.3) is 0 Å². The lowest BCUT2D eigenvalue weighted by Gasteiger charge is -2.49. The average Bonchev–Trinajstić information content (AvgIpc) is 2.74. The Hall–Kier alpha value is -0.160. The number of unbranched alkanes of at least 4 members (excludes halogenated alkanes) is 6. The highest BCUT2D eigenvalue weighted by atomic mass is 31.2. The minimum absolute atomic E-state index is 0.0311. The minimum atomic E-state index is -2.59. The molecular formula is C23H45NO3P2. The van der Waals surface area contributed by atoms with Crippen molar-refractivity contribution in [2.24, 2.45) is 4.99 Å². The van der Waals surface area contributed by atoms with Gasteiger partial charge in [0.05, 0.1) is 10.9 Å². The van der Waals surface area contributed by atoms with Crippen LogP contribution in [-0.2, 0) is 13.9 Å². The molecule has 0 radical (unpaired) electrons. The Morgan fingerprint density at radius 1 is 0.793 bits per heavy atom. The molecule has 2 unspecified atom stereocenters. The van der Waals surface area contributed by atoms with Gasteiger partial charge in [-0.05, 0) is 50.8 Å². The van der Waals surface area contributed by atoms with Gasteiger partial charge in [-0.15, -0.1) is 0 Å². The van der Waals surface area contributed by atoms with Gasteiger partial charge < -0.3 is 9.13 Å². The quantitative estimate of drug-likeness (QED) is 0.111. The maximum atomic E-state index is 14.5. The molecule has 0 aromatic rings. The van der Waals surface area contributed by atoms with Crippen LogP contribution >= 0.6 is 14.3 Å². The van der Waals surface area contributed by atoms with Gasteiger partial charge in [0.2, 0.25) is 6.08 Å². The van der Waals surface area contributed by atoms with Crippen LogP contribution < -0.4 is 0 Å². The van der Waals surface area contributed by atoms with E-state index in [2.05, 4.69) is 32.7 Å². The normalized spacial score (nSPS) is 26.3. The second kappa shape index (κ2) is 13.3. The number of hydrogen-bond donors (Lipinski definition) is 0. The summed E-state index contributed by atoms with van der Waals surface area (Å²) in [5.74, 6) is 0. The van der Waals surface area contributed by atoms with E-state index in [0.717, 1.165) is 63.7 Å². The molecule has 0 amide bonds. The van der Waals surface area contributed by atoms with E-state index in [0.29, 0.717) is 25.2 Å². The molecule has 0 spiro atoms. The van der Waals surface area contributed by atoms with Gasteiger partial charge in [0.1, 0.15) is 14.3 Å². The van der Waals surface area contributed by atoms with Gasteiger partial charge in [0.15, 0.2) is 0 Å². The smallest absolute Gasteiger partial charge is 0.235 e. The molecule has 0 aliphatic heterocycles. The predicted octanol–water partition coefficient (Wildman–Crippen LogP) is 7.89. The van der Waals surface area contributed by atoms with Crippen molar-refractivity contribution in [3.63, 3.8) is 0 Å². The Balaban J connectivity index is 3.20. The Morgan fingerprint density at radius 2 is 1.24 bits per heavy atom. The van der Waals surface area contributed by atoms with Crippen molar-refractivity contribution in [2.75, 3.05) is 24.6 Å². The zero-order chi connectivity index (χ0) is 21.8. The highest BCUT2D eigenvalue weighted by molar-refractivity contribution is 7.83. The lowest BCUT2D eigenvalue weighted by atomic mass is 9.95. The third-order valence-corrected chi connectivity index (χ3v) is 17.5. The molecule has 6 heteroatoms. The largest absolute Gasteiger partial charge is 0.323 e. The fourth-order valence-electron chi connectivity index (χ4n) is 5.32. The predicted molar refractivity (Wildman–Crippen MR) is 127 cm³/mol. The summed E-state index contributed by atoms with van der Waals surface area (Å²) < 4.78 is 29.0. The maximum Gasteiger partial charge on any atom is 0.235 e. The zero-order valence-electron chi connectivity index (χ0n) is 19.5. The van der Waals surface area contributed by atoms with Crippen LogP contribution in [0.1, 0.15) is 105 Å². The molecule has 0 N–H and O–H groups in total. The summed E-state index contributed by atoms with van der Waals surface area (Å²) in [6.07, 6.45) is 16.2. The number of carbonyl (C=O) groups excluding carboxylic acids is 1. The van der Waals surface area contributed by atoms with E-state index in [1.165, 1.54) is 12.8 Å². The number of aliphatic imine (C=N–C) groups is 1. The molecule has 1 aliphatic carbocycles. The number of isocyanates is 1. The third kappa shape index (κ3) is 6.66. The molecule has 1 rings (SSSR count). The van der Waals surface area contributed by atoms with Crippen LogP contribution in [0.4, 0.5) is 0 Å². The molecule has 29 heavy (non-hydrogen) atoms. The first kappa shape index (κ1) is 26.9. The van der Waals surface area contributed by atoms with Gasteiger partial charge >= 0.3 is 0 Å². The first-order valence-electron chi connectivity index (χ1n) is 12.1. The van der Waals surface area contributed by atoms with Crippen molar-refractivity contribution in [1.29, 1.82) is 0 Å². The SMILES string of the molecule is CCCCCCP(=O)(CC)C1(P(=O)(CC)CCCCCC)CCC(N=C=O)CC1. The number of rotatable bonds is 15. The van der Waals surface area contributed by atoms with Crippen LogP contribution in [0.5, 0.6) is 0 Å². The van der Waals surface area contributed by atoms with E-state index in [4.69, 9.17) is 0 Å². The van der Waals surface area contributed by atoms with Gasteiger partial charge in [-0.1, -0.05) is 66.2 Å². The molecule has 1 saturated carbocycles. The monoisotopic (exact) mass is 445 g/mol. The van der Waals surface area contributed by atoms with Crippen molar-refractivity contribution in [1.82, 2.24) is 0 Å². The summed E-state index contributed by atoms with van der Waals surface area (Å²) in [5, 5.41) is 0. The lowest BCUT2D eigenvalue weighted by Crippen LogP contribution is -2.38. The van der Waals surface area contributed by atoms with Crippen molar-refractivity contribution in [2.45, 2.75) is 116 Å². The van der Waals surface area contributed by atoms with Crippen LogP contribution in [0, 0.1) is 0 Å². The van der Waals surface area contributed by atoms with Crippen molar-refractivity contribution >= 4 is 20.4 Å². The molecule has 2 atom stereocenters. The van der Waals surface area contributed by atoms with Gasteiger partial charge in [0.25, 0.3) is 0 Å². The Labute approximate surface area is 179 Å². The van der Waals surface area contributed by atoms with E-state index < -0.39 is 19.2 Å². The van der Waals surface area contributed by atoms with E-state index in [9.17, 15) is 13.9 Å². The van der Waals surface area contributed by atoms with Gasteiger partial charge in [-0.3, -0.25) is 0 Å². The van der Waals surface area contributed by atoms with Gasteiger partial charge in [-0.2, -0.15) is 0 Å². The first-order valence-corrected chi connectivity index (χ1v) is 16.3. The molecule has 170 valence electrons. The van der Waals surface area contributed by atoms with Crippen LogP contribution in [-0.4, -0.2) is 41.7 Å². The molecule has 0 aromatic carbocycles. The van der Waals surface area contributed by atoms with E-state index >= 15 is 0 Å². The topological polar surface area (TPSA) is 63.6 Å². The average molecular weight is 446 g/mol. The second-order valence-corrected chi connectivity index (χ2v) is 16.7. The van der Waals surface area contributed by atoms with E-state index in [1.807, 2.05) is 0 Å². The zero-order valence-corrected chi connectivity index (χ0v) is 21.2. The maximum absolute atomic E-state index is 14.5. The molecule has 1 aliphatic rings. The van der Waals surface area contributed by atoms with Gasteiger partial charge in [-0.25, -0.2) is 9.79 Å². The molecule has 0 aromatic heterocycles. The van der Waals surface area contributed by atoms with Crippen LogP contribution in [0.2, 0.25) is 0 Å². The molecule has 0 heterocycles. The summed E-state index contributed by atoms with van der Waals surface area (Å²) in [6, 6.07) is -0.0311. The summed E-state index contributed by atoms with van der Waals surface area (Å²) in [6.45, 7) is 8.48. The minimum Gasteiger partial charge on any atom is -0.323 e. The second-order valence-electron chi connectivity index (χ2n) is 8.91. The Morgan fingerprint density at radius 3 is 1.59 bits per heavy atom. The fraction of sp³-hybridized carbons (Fsp3) is 0.957. The lowest BCUT2D eigenvalue weighted by molar-refractivity contribution is 0.394. The fourth-order valence-corrected chi connectivity index (χ4v) is 15.7. The van der Waals surface area contributed by atoms with Crippen molar-refractivity contribution in [3.05, 3.63) is 0 Å². The van der Waals surface area contributed by atoms with Crippen molar-refractivity contribution < 1.29 is 13.9 Å². The summed E-state index contributed by atoms with van der Waals surface area (Å²) in [4.78, 5) is 14.2. The Bertz CT molecular complexity index is 569. The van der Waals surface area contributed by atoms with Crippen LogP contribution in [0.3, 0.4) is 0 Å². The molecule has 4 nitrogen and oxygen atoms in total. The third-order valence-electron chi connectivity index (χ3n) is 7.28. The summed E-state index contributed by atoms with van der Waals surface area (Å²) >= 11 is 0. The highest BCUT2D eigenvalue weighted by Gasteiger charge is 2.57. The highest BCUT2D eigenvalue weighted by Crippen LogP contribution is 2.80. The number of nitrogens with zero attached hydrogens (tertiary/aromatic N) is 1. The van der Waals surface area contributed by atoms with Crippen LogP contribution in [0.15, 0.2) is 4.99 Å². The molecule has 0 saturated heterocycles. The molecule has 0 bridgehead atoms. The van der Waals surface area contributed by atoms with E-state index in [1.54, 1.807) is 6.08 Å².